The molecule has 3 rings (SSSR count). The van der Waals surface area contributed by atoms with Gasteiger partial charge in [-0.3, -0.25) is 0 Å². The average Bonchev–Trinajstić information content (AvgIpc) is 2.60. The van der Waals surface area contributed by atoms with Crippen molar-refractivity contribution >= 4 is 11.6 Å². The lowest BCUT2D eigenvalue weighted by Gasteiger charge is -2.38. The van der Waals surface area contributed by atoms with Crippen LogP contribution in [0.15, 0.2) is 24.4 Å². The number of piperidine rings is 1. The van der Waals surface area contributed by atoms with Crippen molar-refractivity contribution in [2.24, 2.45) is 0 Å². The van der Waals surface area contributed by atoms with Crippen LogP contribution in [0.1, 0.15) is 29.9 Å². The molecule has 1 fully saturated rings. The highest BCUT2D eigenvalue weighted by Crippen LogP contribution is 2.25. The number of rotatable bonds is 3. The second-order valence-electron chi connectivity index (χ2n) is 6.23. The Morgan fingerprint density at radius 3 is 2.67 bits per heavy atom. The van der Waals surface area contributed by atoms with E-state index in [4.69, 9.17) is 0 Å². The highest BCUT2D eigenvalue weighted by atomic mass is 15.2. The zero-order valence-electron chi connectivity index (χ0n) is 14.4. The van der Waals surface area contributed by atoms with Crippen LogP contribution in [0.3, 0.4) is 0 Å². The van der Waals surface area contributed by atoms with Crippen LogP contribution in [0.25, 0.3) is 0 Å². The molecule has 24 heavy (non-hydrogen) atoms. The summed E-state index contributed by atoms with van der Waals surface area (Å²) < 4.78 is 0. The Labute approximate surface area is 142 Å². The van der Waals surface area contributed by atoms with E-state index in [1.807, 2.05) is 33.0 Å². The summed E-state index contributed by atoms with van der Waals surface area (Å²) in [6.07, 6.45) is 3.77. The van der Waals surface area contributed by atoms with Crippen molar-refractivity contribution in [3.63, 3.8) is 0 Å². The molecule has 1 aliphatic rings. The van der Waals surface area contributed by atoms with E-state index in [1.165, 1.54) is 0 Å². The van der Waals surface area contributed by atoms with Gasteiger partial charge in [0.05, 0.1) is 5.56 Å². The molecule has 0 atom stereocenters. The summed E-state index contributed by atoms with van der Waals surface area (Å²) >= 11 is 0. The first-order valence-corrected chi connectivity index (χ1v) is 8.23. The van der Waals surface area contributed by atoms with E-state index >= 15 is 0 Å². The Balaban J connectivity index is 1.69. The van der Waals surface area contributed by atoms with E-state index in [0.717, 1.165) is 49.1 Å². The van der Waals surface area contributed by atoms with E-state index in [9.17, 15) is 5.26 Å². The van der Waals surface area contributed by atoms with Gasteiger partial charge in [0, 0.05) is 44.1 Å². The minimum absolute atomic E-state index is 0.382. The normalized spacial score (nSPS) is 15.2. The van der Waals surface area contributed by atoms with E-state index in [1.54, 1.807) is 12.3 Å². The van der Waals surface area contributed by atoms with Crippen LogP contribution in [0.5, 0.6) is 0 Å². The summed E-state index contributed by atoms with van der Waals surface area (Å²) in [5.74, 6) is 2.60. The number of nitriles is 1. The third-order valence-corrected chi connectivity index (χ3v) is 4.53. The van der Waals surface area contributed by atoms with Crippen LogP contribution in [-0.2, 0) is 0 Å². The summed E-state index contributed by atoms with van der Waals surface area (Å²) in [6, 6.07) is 8.28. The van der Waals surface area contributed by atoms with Crippen LogP contribution in [0, 0.1) is 25.2 Å². The van der Waals surface area contributed by atoms with Gasteiger partial charge in [-0.15, -0.1) is 0 Å². The highest BCUT2D eigenvalue weighted by Gasteiger charge is 2.25. The van der Waals surface area contributed by atoms with Crippen LogP contribution in [-0.4, -0.2) is 41.1 Å². The van der Waals surface area contributed by atoms with E-state index in [2.05, 4.69) is 30.8 Å². The second-order valence-corrected chi connectivity index (χ2v) is 6.23. The molecule has 124 valence electrons. The minimum Gasteiger partial charge on any atom is -0.356 e. The third kappa shape index (κ3) is 3.30. The largest absolute Gasteiger partial charge is 0.356 e. The third-order valence-electron chi connectivity index (χ3n) is 4.53. The van der Waals surface area contributed by atoms with E-state index in [-0.39, 0.29) is 0 Å². The molecule has 6 nitrogen and oxygen atoms in total. The number of aromatic nitrogens is 3. The molecule has 3 heterocycles. The zero-order valence-corrected chi connectivity index (χ0v) is 14.4. The lowest BCUT2D eigenvalue weighted by molar-refractivity contribution is 0.477. The van der Waals surface area contributed by atoms with E-state index < -0.39 is 0 Å². The van der Waals surface area contributed by atoms with Gasteiger partial charge in [-0.25, -0.2) is 15.0 Å². The van der Waals surface area contributed by atoms with Gasteiger partial charge in [-0.2, -0.15) is 5.26 Å². The Hall–Kier alpha value is -2.68. The fourth-order valence-electron chi connectivity index (χ4n) is 3.28. The molecular weight excluding hydrogens is 300 g/mol. The molecule has 2 aromatic rings. The maximum Gasteiger partial charge on any atom is 0.146 e. The van der Waals surface area contributed by atoms with Gasteiger partial charge in [-0.05, 0) is 38.8 Å². The first kappa shape index (κ1) is 16.2. The number of hydrogen-bond acceptors (Lipinski definition) is 6. The second kappa shape index (κ2) is 6.83. The van der Waals surface area contributed by atoms with Crippen molar-refractivity contribution in [2.75, 3.05) is 29.9 Å². The van der Waals surface area contributed by atoms with Crippen molar-refractivity contribution in [3.8, 4) is 6.07 Å². The molecule has 0 N–H and O–H groups in total. The predicted molar refractivity (Wildman–Crippen MR) is 94.1 cm³/mol. The molecule has 1 aliphatic heterocycles. The molecule has 1 saturated heterocycles. The Morgan fingerprint density at radius 1 is 1.25 bits per heavy atom. The Bertz CT molecular complexity index is 738. The fourth-order valence-corrected chi connectivity index (χ4v) is 3.28. The molecule has 0 aromatic carbocycles. The van der Waals surface area contributed by atoms with Crippen molar-refractivity contribution in [2.45, 2.75) is 32.7 Å². The molecule has 0 aliphatic carbocycles. The Kier molecular flexibility index (Phi) is 4.61. The minimum atomic E-state index is 0.382. The summed E-state index contributed by atoms with van der Waals surface area (Å²) in [4.78, 5) is 17.8. The van der Waals surface area contributed by atoms with Gasteiger partial charge >= 0.3 is 0 Å². The lowest BCUT2D eigenvalue weighted by atomic mass is 10.0. The van der Waals surface area contributed by atoms with Crippen molar-refractivity contribution in [3.05, 3.63) is 41.5 Å². The molecule has 6 heteroatoms. The molecule has 0 amide bonds. The maximum atomic E-state index is 9.27. The van der Waals surface area contributed by atoms with Crippen molar-refractivity contribution < 1.29 is 0 Å². The number of nitrogens with zero attached hydrogens (tertiary/aromatic N) is 6. The number of pyridine rings is 1. The summed E-state index contributed by atoms with van der Waals surface area (Å²) in [6.45, 7) is 5.82. The van der Waals surface area contributed by atoms with Crippen LogP contribution in [0.2, 0.25) is 0 Å². The predicted octanol–water partition coefficient (Wildman–Crippen LogP) is 2.47. The van der Waals surface area contributed by atoms with Gasteiger partial charge < -0.3 is 9.80 Å². The first-order chi connectivity index (χ1) is 11.6. The van der Waals surface area contributed by atoms with Gasteiger partial charge in [0.1, 0.15) is 23.5 Å². The van der Waals surface area contributed by atoms with Gasteiger partial charge in [0.2, 0.25) is 0 Å². The Morgan fingerprint density at radius 2 is 2.00 bits per heavy atom. The van der Waals surface area contributed by atoms with Gasteiger partial charge in [0.25, 0.3) is 0 Å². The number of anilines is 2. The monoisotopic (exact) mass is 322 g/mol. The molecule has 0 unspecified atom stereocenters. The molecule has 0 bridgehead atoms. The highest BCUT2D eigenvalue weighted by molar-refractivity contribution is 5.54. The topological polar surface area (TPSA) is 68.9 Å². The standard InChI is InChI=1S/C18H22N6/c1-13-11-17(22-14(2)21-13)24-9-6-16(7-10-24)23(3)18-15(12-19)5-4-8-20-18/h4-5,8,11,16H,6-7,9-10H2,1-3H3. The molecule has 0 radical (unpaired) electrons. The van der Waals surface area contributed by atoms with Crippen LogP contribution < -0.4 is 9.80 Å². The van der Waals surface area contributed by atoms with Gasteiger partial charge in [0.15, 0.2) is 0 Å². The quantitative estimate of drug-likeness (QED) is 0.864. The summed E-state index contributed by atoms with van der Waals surface area (Å²) in [7, 11) is 2.03. The smallest absolute Gasteiger partial charge is 0.146 e. The van der Waals surface area contributed by atoms with Crippen molar-refractivity contribution in [1.29, 1.82) is 5.26 Å². The average molecular weight is 322 g/mol. The first-order valence-electron chi connectivity index (χ1n) is 8.23. The summed E-state index contributed by atoms with van der Waals surface area (Å²) in [5.41, 5.74) is 1.63. The van der Waals surface area contributed by atoms with E-state index in [0.29, 0.717) is 11.6 Å². The lowest BCUT2D eigenvalue weighted by Crippen LogP contribution is -2.44. The SMILES string of the molecule is Cc1cc(N2CCC(N(C)c3ncccc3C#N)CC2)nc(C)n1. The summed E-state index contributed by atoms with van der Waals surface area (Å²) in [5, 5.41) is 9.27. The molecule has 0 spiro atoms. The van der Waals surface area contributed by atoms with Gasteiger partial charge in [-0.1, -0.05) is 0 Å². The molecule has 0 saturated carbocycles. The number of aryl methyl sites for hydroxylation is 2. The van der Waals surface area contributed by atoms with Crippen molar-refractivity contribution in [1.82, 2.24) is 15.0 Å². The molecular formula is C18H22N6. The van der Waals surface area contributed by atoms with Crippen LogP contribution >= 0.6 is 0 Å². The number of hydrogen-bond donors (Lipinski definition) is 0. The molecule has 2 aromatic heterocycles. The maximum absolute atomic E-state index is 9.27. The zero-order chi connectivity index (χ0) is 17.1. The van der Waals surface area contributed by atoms with Crippen LogP contribution in [0.4, 0.5) is 11.6 Å². The fraction of sp³-hybridized carbons (Fsp3) is 0.444.